The number of aromatic nitrogens is 3. The molecule has 0 spiro atoms. The Labute approximate surface area is 386 Å². The van der Waals surface area contributed by atoms with Crippen LogP contribution in [-0.2, 0) is 37.7 Å². The Hall–Kier alpha value is -6.27. The molecule has 3 aliphatic rings. The molecule has 15 nitrogen and oxygen atoms in total. The topological polar surface area (TPSA) is 173 Å². The number of likely N-dealkylation sites (tertiary alicyclic amines) is 2. The molecule has 1 atom stereocenters. The molecular weight excluding hydrogens is 870 g/mol. The SMILES string of the molecule is Cc1cc(CC(NC(=O)N2CCC(c3cc4ccccc4[nH]c3=O)CC2)C(=O)N2CCN(C3CCN(C)CC3)CC2)cc2cnn(COC(=O)C(C)(C)c3ccccc3)c12.O=C(O)C(F)(F)F. The average molecular weight is 929 g/mol. The minimum Gasteiger partial charge on any atom is -0.475 e. The Bertz CT molecular complexity index is 2610. The molecule has 358 valence electrons. The van der Waals surface area contributed by atoms with Crippen molar-refractivity contribution in [2.75, 3.05) is 59.4 Å². The summed E-state index contributed by atoms with van der Waals surface area (Å²) in [5, 5.41) is 16.7. The summed E-state index contributed by atoms with van der Waals surface area (Å²) >= 11 is 0. The van der Waals surface area contributed by atoms with Gasteiger partial charge in [-0.2, -0.15) is 18.3 Å². The highest BCUT2D eigenvalue weighted by molar-refractivity contribution is 5.88. The van der Waals surface area contributed by atoms with Crippen LogP contribution >= 0.6 is 0 Å². The van der Waals surface area contributed by atoms with Crippen molar-refractivity contribution in [2.24, 2.45) is 0 Å². The van der Waals surface area contributed by atoms with Crippen molar-refractivity contribution in [1.29, 1.82) is 0 Å². The summed E-state index contributed by atoms with van der Waals surface area (Å²) in [4.78, 5) is 75.3. The third-order valence-electron chi connectivity index (χ3n) is 13.4. The summed E-state index contributed by atoms with van der Waals surface area (Å²) in [7, 11) is 2.17. The minimum atomic E-state index is -5.08. The number of alkyl halides is 3. The number of para-hydroxylation sites is 1. The highest BCUT2D eigenvalue weighted by Gasteiger charge is 2.38. The first-order valence-corrected chi connectivity index (χ1v) is 22.8. The highest BCUT2D eigenvalue weighted by atomic mass is 19.4. The first kappa shape index (κ1) is 48.7. The van der Waals surface area contributed by atoms with Gasteiger partial charge < -0.3 is 34.8 Å². The first-order valence-electron chi connectivity index (χ1n) is 22.8. The number of aliphatic carboxylic acids is 1. The summed E-state index contributed by atoms with van der Waals surface area (Å²) < 4.78 is 39.2. The maximum Gasteiger partial charge on any atom is 0.490 e. The molecule has 67 heavy (non-hydrogen) atoms. The van der Waals surface area contributed by atoms with Crippen LogP contribution in [0.4, 0.5) is 18.0 Å². The second kappa shape index (κ2) is 20.7. The number of carboxylic acids is 1. The van der Waals surface area contributed by atoms with Crippen molar-refractivity contribution in [2.45, 2.75) is 89.2 Å². The number of carboxylic acid groups (broad SMARTS) is 1. The Balaban J connectivity index is 0.000000883. The number of hydrogen-bond acceptors (Lipinski definition) is 9. The van der Waals surface area contributed by atoms with Crippen molar-refractivity contribution in [3.05, 3.63) is 112 Å². The van der Waals surface area contributed by atoms with E-state index in [9.17, 15) is 32.3 Å². The Morgan fingerprint density at radius 2 is 1.49 bits per heavy atom. The lowest BCUT2D eigenvalue weighted by atomic mass is 9.85. The van der Waals surface area contributed by atoms with E-state index in [2.05, 4.69) is 32.2 Å². The second-order valence-corrected chi connectivity index (χ2v) is 18.4. The van der Waals surface area contributed by atoms with Crippen LogP contribution in [0.25, 0.3) is 21.8 Å². The second-order valence-electron chi connectivity index (χ2n) is 18.4. The maximum absolute atomic E-state index is 14.5. The molecule has 3 aliphatic heterocycles. The molecule has 0 aliphatic carbocycles. The molecular formula is C49H59F3N8O7. The number of halogens is 3. The van der Waals surface area contributed by atoms with E-state index in [0.717, 1.165) is 83.1 Å². The van der Waals surface area contributed by atoms with E-state index in [0.29, 0.717) is 51.5 Å². The van der Waals surface area contributed by atoms with Crippen LogP contribution < -0.4 is 10.9 Å². The van der Waals surface area contributed by atoms with Crippen LogP contribution in [0, 0.1) is 6.92 Å². The number of urea groups is 1. The summed E-state index contributed by atoms with van der Waals surface area (Å²) in [5.41, 5.74) is 4.20. The fourth-order valence-electron chi connectivity index (χ4n) is 9.44. The maximum atomic E-state index is 14.5. The van der Waals surface area contributed by atoms with Gasteiger partial charge in [-0.25, -0.2) is 14.3 Å². The smallest absolute Gasteiger partial charge is 0.475 e. The lowest BCUT2D eigenvalue weighted by molar-refractivity contribution is -0.192. The number of amides is 3. The van der Waals surface area contributed by atoms with Gasteiger partial charge in [0, 0.05) is 68.2 Å². The van der Waals surface area contributed by atoms with Gasteiger partial charge in [0.15, 0.2) is 6.73 Å². The zero-order valence-corrected chi connectivity index (χ0v) is 38.4. The molecule has 8 rings (SSSR count). The highest BCUT2D eigenvalue weighted by Crippen LogP contribution is 2.29. The zero-order valence-electron chi connectivity index (χ0n) is 38.4. The minimum absolute atomic E-state index is 0.0363. The Kier molecular flexibility index (Phi) is 15.0. The van der Waals surface area contributed by atoms with E-state index in [-0.39, 0.29) is 36.1 Å². The number of carbonyl (C=O) groups excluding carboxylic acids is 3. The van der Waals surface area contributed by atoms with Gasteiger partial charge in [0.1, 0.15) is 6.04 Å². The van der Waals surface area contributed by atoms with Gasteiger partial charge in [-0.1, -0.05) is 54.6 Å². The number of nitrogens with one attached hydrogen (secondary N) is 2. The van der Waals surface area contributed by atoms with E-state index in [1.165, 1.54) is 0 Å². The van der Waals surface area contributed by atoms with Crippen molar-refractivity contribution < 1.29 is 42.2 Å². The van der Waals surface area contributed by atoms with Crippen LogP contribution in [0.2, 0.25) is 0 Å². The molecule has 0 bridgehead atoms. The molecule has 3 fully saturated rings. The molecule has 0 radical (unpaired) electrons. The fraction of sp³-hybridized carbons (Fsp3) is 0.469. The number of piperazine rings is 1. The van der Waals surface area contributed by atoms with Gasteiger partial charge in [0.25, 0.3) is 5.56 Å². The molecule has 3 N–H and O–H groups in total. The fourth-order valence-corrected chi connectivity index (χ4v) is 9.44. The van der Waals surface area contributed by atoms with Gasteiger partial charge in [0.05, 0.1) is 17.1 Å². The Morgan fingerprint density at radius 1 is 0.851 bits per heavy atom. The number of carbonyl (C=O) groups is 4. The lowest BCUT2D eigenvalue weighted by Gasteiger charge is -2.43. The predicted molar refractivity (Wildman–Crippen MR) is 247 cm³/mol. The van der Waals surface area contributed by atoms with E-state index in [1.54, 1.807) is 15.8 Å². The predicted octanol–water partition coefficient (Wildman–Crippen LogP) is 6.04. The molecule has 3 aromatic carbocycles. The van der Waals surface area contributed by atoms with E-state index in [4.69, 9.17) is 14.6 Å². The van der Waals surface area contributed by atoms with E-state index in [1.807, 2.05) is 98.5 Å². The number of fused-ring (bicyclic) bond motifs is 2. The van der Waals surface area contributed by atoms with Crippen LogP contribution in [0.15, 0.2) is 83.8 Å². The number of aryl methyl sites for hydroxylation is 1. The number of benzene rings is 3. The quantitative estimate of drug-likeness (QED) is 0.140. The third-order valence-corrected chi connectivity index (χ3v) is 13.4. The Morgan fingerprint density at radius 3 is 2.15 bits per heavy atom. The van der Waals surface area contributed by atoms with Gasteiger partial charge in [-0.15, -0.1) is 0 Å². The summed E-state index contributed by atoms with van der Waals surface area (Å²) in [5.74, 6) is -3.14. The molecule has 0 saturated carbocycles. The van der Waals surface area contributed by atoms with Gasteiger partial charge in [-0.3, -0.25) is 19.3 Å². The molecule has 2 aromatic heterocycles. The number of ether oxygens (including phenoxy) is 1. The first-order chi connectivity index (χ1) is 31.9. The number of nitrogens with zero attached hydrogens (tertiary/aromatic N) is 6. The standard InChI is InChI=1S/C47H58N8O5.C2HF3O2/c1-32-26-33(27-36-30-48-55(42(32)36)31-60-45(58)47(2,3)37-11-6-5-7-12-37)28-41(44(57)53-24-22-52(23-25-53)38-16-18-51(4)19-17-38)50-46(59)54-20-14-34(15-21-54)39-29-35-10-8-9-13-40(35)49-43(39)56;3-2(4,5)1(6)7/h5-13,26-27,29-30,34,38,41H,14-25,28,31H2,1-4H3,(H,49,56)(H,50,59);(H,6,7). The van der Waals surface area contributed by atoms with Crippen LogP contribution in [0.1, 0.15) is 67.7 Å². The number of hydrogen-bond donors (Lipinski definition) is 3. The van der Waals surface area contributed by atoms with Crippen molar-refractivity contribution >= 4 is 45.7 Å². The van der Waals surface area contributed by atoms with E-state index >= 15 is 0 Å². The number of rotatable bonds is 10. The molecule has 18 heteroatoms. The number of esters is 1. The van der Waals surface area contributed by atoms with Crippen LogP contribution in [0.3, 0.4) is 0 Å². The lowest BCUT2D eigenvalue weighted by Crippen LogP contribution is -2.59. The molecule has 3 amide bonds. The summed E-state index contributed by atoms with van der Waals surface area (Å²) in [6.07, 6.45) is 0.578. The molecule has 5 heterocycles. The van der Waals surface area contributed by atoms with Crippen molar-refractivity contribution in [3.8, 4) is 0 Å². The average Bonchev–Trinajstić information content (AvgIpc) is 3.74. The molecule has 5 aromatic rings. The van der Waals surface area contributed by atoms with Crippen LogP contribution in [0.5, 0.6) is 0 Å². The normalized spacial score (nSPS) is 17.5. The number of aromatic amines is 1. The van der Waals surface area contributed by atoms with Crippen molar-refractivity contribution in [1.82, 2.24) is 39.7 Å². The van der Waals surface area contributed by atoms with Gasteiger partial charge >= 0.3 is 24.1 Å². The van der Waals surface area contributed by atoms with Gasteiger partial charge in [0.2, 0.25) is 5.91 Å². The van der Waals surface area contributed by atoms with Crippen molar-refractivity contribution in [3.63, 3.8) is 0 Å². The summed E-state index contributed by atoms with van der Waals surface area (Å²) in [6, 6.07) is 22.9. The molecule has 3 saturated heterocycles. The number of H-pyrrole nitrogens is 1. The number of pyridine rings is 1. The molecule has 1 unspecified atom stereocenters. The summed E-state index contributed by atoms with van der Waals surface area (Å²) in [6.45, 7) is 11.7. The number of piperidine rings is 2. The third kappa shape index (κ3) is 11.6. The van der Waals surface area contributed by atoms with Gasteiger partial charge in [-0.05, 0) is 113 Å². The van der Waals surface area contributed by atoms with Crippen LogP contribution in [-0.4, -0.2) is 141 Å². The zero-order chi connectivity index (χ0) is 48.0. The monoisotopic (exact) mass is 928 g/mol. The largest absolute Gasteiger partial charge is 0.490 e. The van der Waals surface area contributed by atoms with E-state index < -0.39 is 23.6 Å².